The minimum Gasteiger partial charge on any atom is -0.203 e. The lowest BCUT2D eigenvalue weighted by molar-refractivity contribution is 0.154. The molecule has 0 amide bonds. The van der Waals surface area contributed by atoms with Crippen LogP contribution in [0.2, 0.25) is 0 Å². The van der Waals surface area contributed by atoms with E-state index in [4.69, 9.17) is 0 Å². The maximum Gasteiger partial charge on any atom is 0.174 e. The molecule has 0 radical (unpaired) electrons. The van der Waals surface area contributed by atoms with Crippen molar-refractivity contribution < 1.29 is 8.78 Å². The molecule has 2 aliphatic carbocycles. The van der Waals surface area contributed by atoms with Crippen molar-refractivity contribution in [1.29, 1.82) is 0 Å². The number of halogens is 2. The first-order valence-corrected chi connectivity index (χ1v) is 10.5. The van der Waals surface area contributed by atoms with Crippen LogP contribution in [0.5, 0.6) is 0 Å². The third-order valence-electron chi connectivity index (χ3n) is 6.71. The summed E-state index contributed by atoms with van der Waals surface area (Å²) >= 11 is 0. The predicted octanol–water partition coefficient (Wildman–Crippen LogP) is 7.04. The van der Waals surface area contributed by atoms with Gasteiger partial charge in [0.2, 0.25) is 0 Å². The molecule has 0 saturated heterocycles. The summed E-state index contributed by atoms with van der Waals surface area (Å²) in [5.74, 6) is 7.65. The Hall–Kier alpha value is -1.36. The second kappa shape index (κ2) is 9.03. The molecule has 0 spiro atoms. The highest BCUT2D eigenvalue weighted by Gasteiger charge is 2.30. The highest BCUT2D eigenvalue weighted by Crippen LogP contribution is 2.42. The zero-order chi connectivity index (χ0) is 18.5. The smallest absolute Gasteiger partial charge is 0.174 e. The van der Waals surface area contributed by atoms with Gasteiger partial charge in [0.15, 0.2) is 11.6 Å². The van der Waals surface area contributed by atoms with Crippen molar-refractivity contribution >= 4 is 0 Å². The Morgan fingerprint density at radius 2 is 1.50 bits per heavy atom. The molecule has 0 nitrogen and oxygen atoms in total. The number of hydrogen-bond donors (Lipinski definition) is 0. The van der Waals surface area contributed by atoms with Crippen LogP contribution < -0.4 is 0 Å². The molecule has 26 heavy (non-hydrogen) atoms. The van der Waals surface area contributed by atoms with Gasteiger partial charge < -0.3 is 0 Å². The van der Waals surface area contributed by atoms with Crippen LogP contribution in [-0.2, 0) is 0 Å². The molecular weight excluding hydrogens is 326 g/mol. The van der Waals surface area contributed by atoms with Crippen molar-refractivity contribution in [1.82, 2.24) is 0 Å². The molecule has 142 valence electrons. The van der Waals surface area contributed by atoms with Gasteiger partial charge in [-0.2, -0.15) is 0 Å². The number of benzene rings is 1. The first-order chi connectivity index (χ1) is 12.6. The second-order valence-corrected chi connectivity index (χ2v) is 8.51. The molecule has 2 aliphatic rings. The van der Waals surface area contributed by atoms with Crippen molar-refractivity contribution in [3.8, 4) is 11.8 Å². The van der Waals surface area contributed by atoms with Crippen molar-refractivity contribution in [2.45, 2.75) is 78.1 Å². The van der Waals surface area contributed by atoms with Gasteiger partial charge in [0.05, 0.1) is 5.56 Å². The standard InChI is InChI=1S/C24H32F2/c1-3-4-18-6-12-20(13-7-18)21-14-8-19(9-15-21)10-16-22-11-5-17(2)23(25)24(22)26/h5,11,18-21H,3-4,6-9,12-15H2,1-2H3. The van der Waals surface area contributed by atoms with E-state index in [1.54, 1.807) is 19.1 Å². The van der Waals surface area contributed by atoms with Crippen molar-refractivity contribution in [2.24, 2.45) is 23.7 Å². The summed E-state index contributed by atoms with van der Waals surface area (Å²) in [4.78, 5) is 0. The Labute approximate surface area is 157 Å². The Balaban J connectivity index is 1.50. The molecule has 0 heterocycles. The maximum atomic E-state index is 13.9. The van der Waals surface area contributed by atoms with Crippen molar-refractivity contribution in [3.63, 3.8) is 0 Å². The van der Waals surface area contributed by atoms with Gasteiger partial charge in [-0.25, -0.2) is 8.78 Å². The molecule has 1 aromatic carbocycles. The van der Waals surface area contributed by atoms with Crippen LogP contribution in [0.1, 0.15) is 82.3 Å². The van der Waals surface area contributed by atoms with Gasteiger partial charge in [0.1, 0.15) is 0 Å². The summed E-state index contributed by atoms with van der Waals surface area (Å²) in [6.07, 6.45) is 13.2. The van der Waals surface area contributed by atoms with E-state index in [-0.39, 0.29) is 5.56 Å². The Kier molecular flexibility index (Phi) is 6.74. The lowest BCUT2D eigenvalue weighted by Gasteiger charge is -2.37. The quantitative estimate of drug-likeness (QED) is 0.508. The van der Waals surface area contributed by atoms with Gasteiger partial charge in [-0.05, 0) is 74.8 Å². The normalized spacial score (nSPS) is 29.1. The monoisotopic (exact) mass is 358 g/mol. The average molecular weight is 359 g/mol. The fourth-order valence-electron chi connectivity index (χ4n) is 5.01. The van der Waals surface area contributed by atoms with E-state index in [1.165, 1.54) is 51.4 Å². The molecule has 0 N–H and O–H groups in total. The van der Waals surface area contributed by atoms with Gasteiger partial charge in [-0.15, -0.1) is 0 Å². The summed E-state index contributed by atoms with van der Waals surface area (Å²) in [6, 6.07) is 3.20. The highest BCUT2D eigenvalue weighted by atomic mass is 19.2. The van der Waals surface area contributed by atoms with Crippen LogP contribution in [0.25, 0.3) is 0 Å². The molecule has 2 fully saturated rings. The fraction of sp³-hybridized carbons (Fsp3) is 0.667. The third-order valence-corrected chi connectivity index (χ3v) is 6.71. The number of hydrogen-bond acceptors (Lipinski definition) is 0. The summed E-state index contributed by atoms with van der Waals surface area (Å²) in [5.41, 5.74) is 0.534. The molecule has 2 saturated carbocycles. The van der Waals surface area contributed by atoms with Crippen LogP contribution in [-0.4, -0.2) is 0 Å². The van der Waals surface area contributed by atoms with Crippen LogP contribution in [0.3, 0.4) is 0 Å². The minimum atomic E-state index is -0.796. The number of aryl methyl sites for hydroxylation is 1. The Morgan fingerprint density at radius 1 is 0.885 bits per heavy atom. The first-order valence-electron chi connectivity index (χ1n) is 10.5. The summed E-state index contributed by atoms with van der Waals surface area (Å²) in [6.45, 7) is 3.87. The van der Waals surface area contributed by atoms with Crippen LogP contribution in [0.4, 0.5) is 8.78 Å². The molecule has 0 atom stereocenters. The van der Waals surface area contributed by atoms with Gasteiger partial charge in [-0.3, -0.25) is 0 Å². The second-order valence-electron chi connectivity index (χ2n) is 8.51. The van der Waals surface area contributed by atoms with Crippen molar-refractivity contribution in [2.75, 3.05) is 0 Å². The summed E-state index contributed by atoms with van der Waals surface area (Å²) < 4.78 is 27.6. The molecule has 0 bridgehead atoms. The highest BCUT2D eigenvalue weighted by molar-refractivity contribution is 5.38. The largest absolute Gasteiger partial charge is 0.203 e. The zero-order valence-corrected chi connectivity index (χ0v) is 16.3. The van der Waals surface area contributed by atoms with Gasteiger partial charge >= 0.3 is 0 Å². The molecule has 0 unspecified atom stereocenters. The summed E-state index contributed by atoms with van der Waals surface area (Å²) in [7, 11) is 0. The Bertz CT molecular complexity index is 651. The van der Waals surface area contributed by atoms with Gasteiger partial charge in [0.25, 0.3) is 0 Å². The van der Waals surface area contributed by atoms with E-state index in [9.17, 15) is 8.78 Å². The molecule has 0 aliphatic heterocycles. The minimum absolute atomic E-state index is 0.199. The van der Waals surface area contributed by atoms with E-state index >= 15 is 0 Å². The lowest BCUT2D eigenvalue weighted by Crippen LogP contribution is -2.25. The van der Waals surface area contributed by atoms with Crippen LogP contribution in [0.15, 0.2) is 12.1 Å². The molecule has 2 heteroatoms. The Morgan fingerprint density at radius 3 is 2.12 bits per heavy atom. The molecular formula is C24H32F2. The number of rotatable bonds is 3. The fourth-order valence-corrected chi connectivity index (χ4v) is 5.01. The zero-order valence-electron chi connectivity index (χ0n) is 16.3. The van der Waals surface area contributed by atoms with E-state index in [0.29, 0.717) is 11.5 Å². The maximum absolute atomic E-state index is 13.9. The predicted molar refractivity (Wildman–Crippen MR) is 104 cm³/mol. The van der Waals surface area contributed by atoms with E-state index in [0.717, 1.165) is 30.6 Å². The first kappa shape index (κ1) is 19.4. The summed E-state index contributed by atoms with van der Waals surface area (Å²) in [5, 5.41) is 0. The molecule has 0 aromatic heterocycles. The van der Waals surface area contributed by atoms with Crippen LogP contribution in [0, 0.1) is 54.1 Å². The van der Waals surface area contributed by atoms with Gasteiger partial charge in [-0.1, -0.05) is 50.5 Å². The van der Waals surface area contributed by atoms with E-state index in [1.807, 2.05) is 0 Å². The van der Waals surface area contributed by atoms with Gasteiger partial charge in [0, 0.05) is 5.92 Å². The molecule has 3 rings (SSSR count). The van der Waals surface area contributed by atoms with E-state index in [2.05, 4.69) is 18.8 Å². The third kappa shape index (κ3) is 4.67. The molecule has 1 aromatic rings. The average Bonchev–Trinajstić information content (AvgIpc) is 2.67. The van der Waals surface area contributed by atoms with E-state index < -0.39 is 11.6 Å². The van der Waals surface area contributed by atoms with Crippen LogP contribution >= 0.6 is 0 Å². The lowest BCUT2D eigenvalue weighted by atomic mass is 9.69. The SMILES string of the molecule is CCCC1CCC(C2CCC(C#Cc3ccc(C)c(F)c3F)CC2)CC1. The topological polar surface area (TPSA) is 0 Å². The van der Waals surface area contributed by atoms with Crippen molar-refractivity contribution in [3.05, 3.63) is 34.9 Å².